The smallest absolute Gasteiger partial charge is 0.267 e. The molecular formula is C23H21FN4O2S. The zero-order chi connectivity index (χ0) is 21.8. The molecule has 0 fully saturated rings. The molecule has 4 rings (SSSR count). The monoisotopic (exact) mass is 436 g/mol. The minimum atomic E-state index is -0.271. The number of aryl methyl sites for hydroxylation is 2. The Morgan fingerprint density at radius 3 is 2.58 bits per heavy atom. The van der Waals surface area contributed by atoms with Gasteiger partial charge in [-0.1, -0.05) is 12.1 Å². The summed E-state index contributed by atoms with van der Waals surface area (Å²) in [6.45, 7) is 2.18. The van der Waals surface area contributed by atoms with Gasteiger partial charge in [0.15, 0.2) is 0 Å². The van der Waals surface area contributed by atoms with E-state index in [-0.39, 0.29) is 11.7 Å². The minimum Gasteiger partial charge on any atom is -0.486 e. The number of hydrogen-bond donors (Lipinski definition) is 1. The van der Waals surface area contributed by atoms with E-state index in [1.54, 1.807) is 42.6 Å². The second-order valence-corrected chi connectivity index (χ2v) is 8.13. The Morgan fingerprint density at radius 1 is 1.16 bits per heavy atom. The molecule has 0 saturated carbocycles. The molecule has 2 aromatic carbocycles. The van der Waals surface area contributed by atoms with Crippen LogP contribution in [0.1, 0.15) is 31.8 Å². The van der Waals surface area contributed by atoms with Crippen LogP contribution in [0, 0.1) is 12.7 Å². The van der Waals surface area contributed by atoms with Gasteiger partial charge in [0.05, 0.1) is 10.7 Å². The van der Waals surface area contributed by atoms with E-state index in [9.17, 15) is 9.18 Å². The highest BCUT2D eigenvalue weighted by Crippen LogP contribution is 2.23. The molecule has 1 amide bonds. The molecule has 0 unspecified atom stereocenters. The molecule has 158 valence electrons. The number of nitrogens with zero attached hydrogens (tertiary/aromatic N) is 3. The Morgan fingerprint density at radius 2 is 1.90 bits per heavy atom. The normalized spacial score (nSPS) is 10.8. The van der Waals surface area contributed by atoms with Crippen molar-refractivity contribution in [3.05, 3.63) is 93.7 Å². The SMILES string of the molecule is Cc1nc(Cc2ccc(F)cc2)sc1C(=O)Nc1ccc(OCc2nccn2C)cc1. The summed E-state index contributed by atoms with van der Waals surface area (Å²) < 4.78 is 20.7. The third-order valence-corrected chi connectivity index (χ3v) is 5.87. The first-order valence-corrected chi connectivity index (χ1v) is 10.5. The lowest BCUT2D eigenvalue weighted by atomic mass is 10.1. The van der Waals surface area contributed by atoms with Crippen molar-refractivity contribution in [1.29, 1.82) is 0 Å². The summed E-state index contributed by atoms with van der Waals surface area (Å²) in [6.07, 6.45) is 4.15. The number of anilines is 1. The number of hydrogen-bond acceptors (Lipinski definition) is 5. The van der Waals surface area contributed by atoms with Gasteiger partial charge in [-0.3, -0.25) is 4.79 Å². The molecule has 1 N–H and O–H groups in total. The first kappa shape index (κ1) is 20.7. The minimum absolute atomic E-state index is 0.206. The highest BCUT2D eigenvalue weighted by molar-refractivity contribution is 7.14. The lowest BCUT2D eigenvalue weighted by Gasteiger charge is -2.08. The van der Waals surface area contributed by atoms with Crippen LogP contribution in [0.3, 0.4) is 0 Å². The molecule has 0 aliphatic carbocycles. The zero-order valence-corrected chi connectivity index (χ0v) is 17.9. The third-order valence-electron chi connectivity index (χ3n) is 4.72. The summed E-state index contributed by atoms with van der Waals surface area (Å²) in [5, 5.41) is 3.71. The van der Waals surface area contributed by atoms with E-state index in [1.165, 1.54) is 23.5 Å². The Hall–Kier alpha value is -3.52. The standard InChI is InChI=1S/C23H21FN4O2S/c1-15-22(31-21(26-15)13-16-3-5-17(24)6-4-16)23(29)27-18-7-9-19(10-8-18)30-14-20-25-11-12-28(20)2/h3-12H,13-14H2,1-2H3,(H,27,29). The number of imidazole rings is 1. The fourth-order valence-corrected chi connectivity index (χ4v) is 4.02. The molecule has 8 heteroatoms. The highest BCUT2D eigenvalue weighted by Gasteiger charge is 2.16. The Balaban J connectivity index is 1.37. The van der Waals surface area contributed by atoms with Crippen LogP contribution in [0.25, 0.3) is 0 Å². The maximum atomic E-state index is 13.1. The molecule has 31 heavy (non-hydrogen) atoms. The number of halogens is 1. The molecule has 0 aliphatic heterocycles. The topological polar surface area (TPSA) is 69.0 Å². The molecule has 6 nitrogen and oxygen atoms in total. The van der Waals surface area contributed by atoms with E-state index in [1.807, 2.05) is 24.7 Å². The fourth-order valence-electron chi connectivity index (χ4n) is 3.02. The second-order valence-electron chi connectivity index (χ2n) is 7.05. The van der Waals surface area contributed by atoms with Crippen molar-refractivity contribution in [3.63, 3.8) is 0 Å². The molecule has 4 aromatic rings. The van der Waals surface area contributed by atoms with Gasteiger partial charge in [-0.25, -0.2) is 14.4 Å². The zero-order valence-electron chi connectivity index (χ0n) is 17.1. The molecular weight excluding hydrogens is 415 g/mol. The van der Waals surface area contributed by atoms with Gasteiger partial charge in [-0.15, -0.1) is 11.3 Å². The van der Waals surface area contributed by atoms with Gasteiger partial charge in [0.2, 0.25) is 0 Å². The number of rotatable bonds is 7. The lowest BCUT2D eigenvalue weighted by molar-refractivity contribution is 0.103. The molecule has 0 aliphatic rings. The van der Waals surface area contributed by atoms with Crippen LogP contribution >= 0.6 is 11.3 Å². The van der Waals surface area contributed by atoms with Crippen molar-refractivity contribution in [3.8, 4) is 5.75 Å². The first-order chi connectivity index (χ1) is 15.0. The van der Waals surface area contributed by atoms with Crippen molar-refractivity contribution in [2.45, 2.75) is 20.0 Å². The van der Waals surface area contributed by atoms with Crippen molar-refractivity contribution >= 4 is 22.9 Å². The van der Waals surface area contributed by atoms with Gasteiger partial charge in [0.1, 0.15) is 28.9 Å². The van der Waals surface area contributed by atoms with Crippen LogP contribution in [0.15, 0.2) is 60.9 Å². The van der Waals surface area contributed by atoms with E-state index in [0.29, 0.717) is 35.0 Å². The van der Waals surface area contributed by atoms with Gasteiger partial charge in [0, 0.05) is 31.5 Å². The number of benzene rings is 2. The maximum Gasteiger partial charge on any atom is 0.267 e. The first-order valence-electron chi connectivity index (χ1n) is 9.69. The van der Waals surface area contributed by atoms with Gasteiger partial charge < -0.3 is 14.6 Å². The van der Waals surface area contributed by atoms with E-state index in [4.69, 9.17) is 4.74 Å². The average molecular weight is 437 g/mol. The highest BCUT2D eigenvalue weighted by atomic mass is 32.1. The second kappa shape index (κ2) is 9.09. The summed E-state index contributed by atoms with van der Waals surface area (Å²) >= 11 is 1.35. The number of carbonyl (C=O) groups excluding carboxylic acids is 1. The van der Waals surface area contributed by atoms with E-state index >= 15 is 0 Å². The molecule has 0 atom stereocenters. The molecule has 0 radical (unpaired) electrons. The summed E-state index contributed by atoms with van der Waals surface area (Å²) in [5.41, 5.74) is 2.29. The molecule has 2 aromatic heterocycles. The van der Waals surface area contributed by atoms with E-state index < -0.39 is 0 Å². The van der Waals surface area contributed by atoms with Crippen LogP contribution in [-0.2, 0) is 20.1 Å². The third kappa shape index (κ3) is 5.16. The van der Waals surface area contributed by atoms with E-state index in [0.717, 1.165) is 16.4 Å². The van der Waals surface area contributed by atoms with Crippen LogP contribution in [-0.4, -0.2) is 20.4 Å². The van der Waals surface area contributed by atoms with Crippen molar-refractivity contribution in [1.82, 2.24) is 14.5 Å². The molecule has 0 spiro atoms. The number of ether oxygens (including phenoxy) is 1. The van der Waals surface area contributed by atoms with E-state index in [2.05, 4.69) is 15.3 Å². The quantitative estimate of drug-likeness (QED) is 0.454. The van der Waals surface area contributed by atoms with Crippen molar-refractivity contribution in [2.75, 3.05) is 5.32 Å². The maximum absolute atomic E-state index is 13.1. The Kier molecular flexibility index (Phi) is 6.08. The number of thiazole rings is 1. The summed E-state index contributed by atoms with van der Waals surface area (Å²) in [4.78, 5) is 22.0. The van der Waals surface area contributed by atoms with Crippen LogP contribution in [0.2, 0.25) is 0 Å². The molecule has 0 saturated heterocycles. The average Bonchev–Trinajstić information content (AvgIpc) is 3.34. The van der Waals surface area contributed by atoms with Gasteiger partial charge >= 0.3 is 0 Å². The summed E-state index contributed by atoms with van der Waals surface area (Å²) in [6, 6.07) is 13.5. The lowest BCUT2D eigenvalue weighted by Crippen LogP contribution is -2.11. The van der Waals surface area contributed by atoms with Crippen molar-refractivity contribution < 1.29 is 13.9 Å². The van der Waals surface area contributed by atoms with Crippen LogP contribution < -0.4 is 10.1 Å². The van der Waals surface area contributed by atoms with Gasteiger partial charge in [0.25, 0.3) is 5.91 Å². The predicted molar refractivity (Wildman–Crippen MR) is 118 cm³/mol. The number of nitrogens with one attached hydrogen (secondary N) is 1. The fraction of sp³-hybridized carbons (Fsp3) is 0.174. The molecule has 0 bridgehead atoms. The van der Waals surface area contributed by atoms with Crippen molar-refractivity contribution in [2.24, 2.45) is 7.05 Å². The van der Waals surface area contributed by atoms with Crippen LogP contribution in [0.5, 0.6) is 5.75 Å². The summed E-state index contributed by atoms with van der Waals surface area (Å²) in [7, 11) is 1.91. The van der Waals surface area contributed by atoms with Gasteiger partial charge in [-0.2, -0.15) is 0 Å². The molecule has 2 heterocycles. The summed E-state index contributed by atoms with van der Waals surface area (Å²) in [5.74, 6) is 1.04. The van der Waals surface area contributed by atoms with Gasteiger partial charge in [-0.05, 0) is 48.9 Å². The number of carbonyl (C=O) groups is 1. The number of amides is 1. The Labute approximate surface area is 183 Å². The Bertz CT molecular complexity index is 1180. The van der Waals surface area contributed by atoms with Crippen LogP contribution in [0.4, 0.5) is 10.1 Å². The largest absolute Gasteiger partial charge is 0.486 e. The predicted octanol–water partition coefficient (Wildman–Crippen LogP) is 4.75. The number of aromatic nitrogens is 3.